The predicted molar refractivity (Wildman–Crippen MR) is 64.7 cm³/mol. The van der Waals surface area contributed by atoms with Crippen LogP contribution in [0.25, 0.3) is 0 Å². The van der Waals surface area contributed by atoms with Crippen LogP contribution in [-0.2, 0) is 6.54 Å². The van der Waals surface area contributed by atoms with E-state index >= 15 is 0 Å². The summed E-state index contributed by atoms with van der Waals surface area (Å²) in [6.45, 7) is 5.03. The number of nitrogens with zero attached hydrogens (tertiary/aromatic N) is 2. The third kappa shape index (κ3) is 2.62. The second-order valence-electron chi connectivity index (χ2n) is 3.77. The lowest BCUT2D eigenvalue weighted by Gasteiger charge is -2.12. The first-order chi connectivity index (χ1) is 7.65. The Morgan fingerprint density at radius 1 is 1.62 bits per heavy atom. The molecule has 0 aliphatic heterocycles. The van der Waals surface area contributed by atoms with Crippen molar-refractivity contribution in [3.05, 3.63) is 16.9 Å². The van der Waals surface area contributed by atoms with Crippen molar-refractivity contribution in [1.29, 1.82) is 0 Å². The number of aromatic nitrogens is 2. The second kappa shape index (κ2) is 6.01. The highest BCUT2D eigenvalue weighted by atomic mass is 35.5. The summed E-state index contributed by atoms with van der Waals surface area (Å²) in [4.78, 5) is 12.2. The molecular formula is C11H18ClN3O. The number of rotatable bonds is 6. The zero-order chi connectivity index (χ0) is 12.1. The van der Waals surface area contributed by atoms with Crippen LogP contribution in [0, 0.1) is 5.92 Å². The summed E-state index contributed by atoms with van der Waals surface area (Å²) in [5, 5.41) is 4.52. The van der Waals surface area contributed by atoms with E-state index < -0.39 is 0 Å². The lowest BCUT2D eigenvalue weighted by atomic mass is 9.99. The molecule has 1 atom stereocenters. The topological polar surface area (TPSA) is 60.9 Å². The van der Waals surface area contributed by atoms with Gasteiger partial charge in [-0.3, -0.25) is 9.48 Å². The van der Waals surface area contributed by atoms with Crippen molar-refractivity contribution in [2.24, 2.45) is 11.7 Å². The summed E-state index contributed by atoms with van der Waals surface area (Å²) in [6.07, 6.45) is 3.16. The molecule has 1 unspecified atom stereocenters. The number of hydrogen-bond donors (Lipinski definition) is 1. The molecule has 5 heteroatoms. The van der Waals surface area contributed by atoms with Crippen molar-refractivity contribution in [3.63, 3.8) is 0 Å². The molecule has 4 nitrogen and oxygen atoms in total. The van der Waals surface area contributed by atoms with Crippen LogP contribution in [0.2, 0.25) is 5.02 Å². The Bertz CT molecular complexity index is 358. The van der Waals surface area contributed by atoms with Gasteiger partial charge in [-0.2, -0.15) is 5.10 Å². The molecule has 0 bridgehead atoms. The number of hydrogen-bond acceptors (Lipinski definition) is 3. The fourth-order valence-corrected chi connectivity index (χ4v) is 1.88. The molecule has 16 heavy (non-hydrogen) atoms. The molecule has 0 aromatic carbocycles. The summed E-state index contributed by atoms with van der Waals surface area (Å²) in [7, 11) is 0. The molecule has 0 radical (unpaired) electrons. The van der Waals surface area contributed by atoms with Gasteiger partial charge in [0.1, 0.15) is 5.69 Å². The third-order valence-corrected chi connectivity index (χ3v) is 2.89. The number of ketones is 1. The van der Waals surface area contributed by atoms with Gasteiger partial charge in [0.25, 0.3) is 0 Å². The molecule has 0 saturated carbocycles. The van der Waals surface area contributed by atoms with Crippen molar-refractivity contribution >= 4 is 17.4 Å². The SMILES string of the molecule is CCCn1ncc(Cl)c1C(=O)C(CC)CN. The van der Waals surface area contributed by atoms with E-state index in [1.807, 2.05) is 13.8 Å². The molecule has 2 N–H and O–H groups in total. The minimum Gasteiger partial charge on any atom is -0.330 e. The molecular weight excluding hydrogens is 226 g/mol. The van der Waals surface area contributed by atoms with Crippen LogP contribution in [0.1, 0.15) is 37.2 Å². The minimum absolute atomic E-state index is 0.000880. The van der Waals surface area contributed by atoms with Crippen molar-refractivity contribution < 1.29 is 4.79 Å². The molecule has 0 amide bonds. The minimum atomic E-state index is -0.162. The first kappa shape index (κ1) is 13.2. The van der Waals surface area contributed by atoms with Gasteiger partial charge in [0.2, 0.25) is 0 Å². The smallest absolute Gasteiger partial charge is 0.186 e. The van der Waals surface area contributed by atoms with Crippen molar-refractivity contribution in [3.8, 4) is 0 Å². The summed E-state index contributed by atoms with van der Waals surface area (Å²) < 4.78 is 1.67. The highest BCUT2D eigenvalue weighted by Crippen LogP contribution is 2.20. The summed E-state index contributed by atoms with van der Waals surface area (Å²) in [5.41, 5.74) is 6.07. The summed E-state index contributed by atoms with van der Waals surface area (Å²) in [5.74, 6) is -0.161. The van der Waals surface area contributed by atoms with E-state index in [0.29, 0.717) is 23.8 Å². The van der Waals surface area contributed by atoms with E-state index in [1.54, 1.807) is 4.68 Å². The second-order valence-corrected chi connectivity index (χ2v) is 4.18. The predicted octanol–water partition coefficient (Wildman–Crippen LogP) is 2.11. The van der Waals surface area contributed by atoms with E-state index in [1.165, 1.54) is 6.20 Å². The largest absolute Gasteiger partial charge is 0.330 e. The van der Waals surface area contributed by atoms with Gasteiger partial charge < -0.3 is 5.73 Å². The Balaban J connectivity index is 3.01. The standard InChI is InChI=1S/C11H18ClN3O/c1-3-5-15-10(9(12)7-14-15)11(16)8(4-2)6-13/h7-8H,3-6,13H2,1-2H3. The van der Waals surface area contributed by atoms with Crippen LogP contribution in [0.15, 0.2) is 6.20 Å². The average Bonchev–Trinajstić information content (AvgIpc) is 2.62. The first-order valence-corrected chi connectivity index (χ1v) is 5.99. The molecule has 1 aromatic rings. The van der Waals surface area contributed by atoms with E-state index in [2.05, 4.69) is 5.10 Å². The lowest BCUT2D eigenvalue weighted by Crippen LogP contribution is -2.25. The Morgan fingerprint density at radius 2 is 2.31 bits per heavy atom. The first-order valence-electron chi connectivity index (χ1n) is 5.61. The Kier molecular flexibility index (Phi) is 4.96. The van der Waals surface area contributed by atoms with Crippen molar-refractivity contribution in [1.82, 2.24) is 9.78 Å². The Hall–Kier alpha value is -0.870. The van der Waals surface area contributed by atoms with Gasteiger partial charge in [0.05, 0.1) is 11.2 Å². The Labute approximate surface area is 101 Å². The molecule has 0 spiro atoms. The van der Waals surface area contributed by atoms with Crippen molar-refractivity contribution in [2.75, 3.05) is 6.54 Å². The molecule has 0 aliphatic carbocycles. The van der Waals surface area contributed by atoms with Crippen LogP contribution >= 0.6 is 11.6 Å². The Morgan fingerprint density at radius 3 is 2.81 bits per heavy atom. The van der Waals surface area contributed by atoms with Gasteiger partial charge in [-0.25, -0.2) is 0 Å². The monoisotopic (exact) mass is 243 g/mol. The van der Waals surface area contributed by atoms with E-state index in [0.717, 1.165) is 12.8 Å². The molecule has 0 fully saturated rings. The highest BCUT2D eigenvalue weighted by Gasteiger charge is 2.23. The lowest BCUT2D eigenvalue weighted by molar-refractivity contribution is 0.0910. The van der Waals surface area contributed by atoms with Gasteiger partial charge in [-0.15, -0.1) is 0 Å². The molecule has 0 saturated heterocycles. The summed E-state index contributed by atoms with van der Waals surface area (Å²) >= 11 is 5.99. The normalized spacial score (nSPS) is 12.8. The fourth-order valence-electron chi connectivity index (χ4n) is 1.64. The average molecular weight is 244 g/mol. The van der Waals surface area contributed by atoms with Crippen LogP contribution < -0.4 is 5.73 Å². The molecule has 1 rings (SSSR count). The maximum atomic E-state index is 12.2. The van der Waals surface area contributed by atoms with Gasteiger partial charge in [0, 0.05) is 19.0 Å². The van der Waals surface area contributed by atoms with Gasteiger partial charge in [-0.1, -0.05) is 25.4 Å². The summed E-state index contributed by atoms with van der Waals surface area (Å²) in [6, 6.07) is 0. The molecule has 1 heterocycles. The third-order valence-electron chi connectivity index (χ3n) is 2.61. The van der Waals surface area contributed by atoms with Crippen LogP contribution in [-0.4, -0.2) is 22.1 Å². The zero-order valence-corrected chi connectivity index (χ0v) is 10.5. The quantitative estimate of drug-likeness (QED) is 0.779. The molecule has 0 aliphatic rings. The maximum Gasteiger partial charge on any atom is 0.186 e. The highest BCUT2D eigenvalue weighted by molar-refractivity contribution is 6.33. The van der Waals surface area contributed by atoms with E-state index in [9.17, 15) is 4.79 Å². The van der Waals surface area contributed by atoms with Gasteiger partial charge >= 0.3 is 0 Å². The molecule has 1 aromatic heterocycles. The van der Waals surface area contributed by atoms with Crippen molar-refractivity contribution in [2.45, 2.75) is 33.2 Å². The number of Topliss-reactive ketones (excluding diaryl/α,β-unsaturated/α-hetero) is 1. The van der Waals surface area contributed by atoms with E-state index in [-0.39, 0.29) is 11.7 Å². The number of carbonyl (C=O) groups is 1. The van der Waals surface area contributed by atoms with Gasteiger partial charge in [0.15, 0.2) is 5.78 Å². The number of aryl methyl sites for hydroxylation is 1. The fraction of sp³-hybridized carbons (Fsp3) is 0.636. The number of halogens is 1. The van der Waals surface area contributed by atoms with E-state index in [4.69, 9.17) is 17.3 Å². The maximum absolute atomic E-state index is 12.2. The number of carbonyl (C=O) groups excluding carboxylic acids is 1. The van der Waals surface area contributed by atoms with Gasteiger partial charge in [-0.05, 0) is 12.8 Å². The zero-order valence-electron chi connectivity index (χ0n) is 9.74. The van der Waals surface area contributed by atoms with Crippen LogP contribution in [0.5, 0.6) is 0 Å². The molecule has 90 valence electrons. The number of nitrogens with two attached hydrogens (primary N) is 1. The van der Waals surface area contributed by atoms with Crippen LogP contribution in [0.3, 0.4) is 0 Å². The van der Waals surface area contributed by atoms with Crippen LogP contribution in [0.4, 0.5) is 0 Å².